The Kier molecular flexibility index (Phi) is 3.09. The third-order valence-electron chi connectivity index (χ3n) is 1.93. The highest BCUT2D eigenvalue weighted by atomic mass is 32.2. The molecule has 16 heavy (non-hydrogen) atoms. The van der Waals surface area contributed by atoms with E-state index in [0.29, 0.717) is 11.4 Å². The number of hydrogen-bond donors (Lipinski definition) is 1. The molecule has 0 radical (unpaired) electrons. The fourth-order valence-electron chi connectivity index (χ4n) is 1.29. The summed E-state index contributed by atoms with van der Waals surface area (Å²) in [6.07, 6.45) is 1.83. The molecule has 0 aliphatic carbocycles. The maximum atomic E-state index is 13.0. The summed E-state index contributed by atoms with van der Waals surface area (Å²) in [5, 5.41) is 7.76. The van der Waals surface area contributed by atoms with E-state index in [2.05, 4.69) is 10.3 Å². The summed E-state index contributed by atoms with van der Waals surface area (Å²) >= 11 is 1.48. The van der Waals surface area contributed by atoms with Gasteiger partial charge in [0.1, 0.15) is 5.82 Å². The SMILES string of the molecule is Cn1cc(CSc2cc(N)cc(F)c2)nn1. The number of aryl methyl sites for hydroxylation is 1. The van der Waals surface area contributed by atoms with Crippen LogP contribution in [0.2, 0.25) is 0 Å². The van der Waals surface area contributed by atoms with Gasteiger partial charge in [0, 0.05) is 29.6 Å². The Balaban J connectivity index is 2.04. The average molecular weight is 238 g/mol. The summed E-state index contributed by atoms with van der Waals surface area (Å²) in [6, 6.07) is 4.49. The van der Waals surface area contributed by atoms with E-state index in [1.165, 1.54) is 23.9 Å². The lowest BCUT2D eigenvalue weighted by Gasteiger charge is -2.01. The van der Waals surface area contributed by atoms with Gasteiger partial charge in [0.05, 0.1) is 5.69 Å². The molecule has 0 saturated carbocycles. The summed E-state index contributed by atoms with van der Waals surface area (Å²) in [5.74, 6) is 0.332. The molecule has 0 aliphatic heterocycles. The van der Waals surface area contributed by atoms with Crippen LogP contribution in [0.15, 0.2) is 29.3 Å². The molecule has 2 N–H and O–H groups in total. The molecule has 0 fully saturated rings. The van der Waals surface area contributed by atoms with Crippen molar-refractivity contribution in [3.63, 3.8) is 0 Å². The van der Waals surface area contributed by atoms with Gasteiger partial charge in [-0.15, -0.1) is 16.9 Å². The topological polar surface area (TPSA) is 56.7 Å². The van der Waals surface area contributed by atoms with Gasteiger partial charge in [0.2, 0.25) is 0 Å². The van der Waals surface area contributed by atoms with E-state index in [-0.39, 0.29) is 5.82 Å². The summed E-state index contributed by atoms with van der Waals surface area (Å²) in [6.45, 7) is 0. The van der Waals surface area contributed by atoms with Crippen LogP contribution < -0.4 is 5.73 Å². The molecule has 84 valence electrons. The van der Waals surface area contributed by atoms with Crippen molar-refractivity contribution in [1.29, 1.82) is 0 Å². The zero-order valence-corrected chi connectivity index (χ0v) is 9.54. The van der Waals surface area contributed by atoms with Crippen molar-refractivity contribution in [3.05, 3.63) is 35.9 Å². The number of nitrogen functional groups attached to an aromatic ring is 1. The van der Waals surface area contributed by atoms with Gasteiger partial charge in [-0.2, -0.15) is 0 Å². The van der Waals surface area contributed by atoms with Crippen LogP contribution in [0.1, 0.15) is 5.69 Å². The molecule has 0 amide bonds. The highest BCUT2D eigenvalue weighted by Crippen LogP contribution is 2.24. The van der Waals surface area contributed by atoms with Crippen LogP contribution in [0.25, 0.3) is 0 Å². The number of nitrogens with zero attached hydrogens (tertiary/aromatic N) is 3. The van der Waals surface area contributed by atoms with E-state index in [1.54, 1.807) is 17.8 Å². The Hall–Kier alpha value is -1.56. The smallest absolute Gasteiger partial charge is 0.126 e. The molecule has 1 aromatic heterocycles. The fraction of sp³-hybridized carbons (Fsp3) is 0.200. The first kappa shape index (κ1) is 10.9. The van der Waals surface area contributed by atoms with Crippen molar-refractivity contribution in [2.24, 2.45) is 7.05 Å². The van der Waals surface area contributed by atoms with Gasteiger partial charge in [-0.1, -0.05) is 5.21 Å². The minimum absolute atomic E-state index is 0.318. The lowest BCUT2D eigenvalue weighted by Crippen LogP contribution is -1.88. The van der Waals surface area contributed by atoms with E-state index >= 15 is 0 Å². The predicted octanol–water partition coefficient (Wildman–Crippen LogP) is 1.83. The van der Waals surface area contributed by atoms with Crippen molar-refractivity contribution < 1.29 is 4.39 Å². The van der Waals surface area contributed by atoms with E-state index in [1.807, 2.05) is 6.20 Å². The third kappa shape index (κ3) is 2.73. The van der Waals surface area contributed by atoms with Crippen LogP contribution in [0.5, 0.6) is 0 Å². The van der Waals surface area contributed by atoms with Crippen molar-refractivity contribution in [2.75, 3.05) is 5.73 Å². The zero-order valence-electron chi connectivity index (χ0n) is 8.72. The summed E-state index contributed by atoms with van der Waals surface area (Å²) in [5.41, 5.74) is 6.84. The van der Waals surface area contributed by atoms with Gasteiger partial charge in [0.25, 0.3) is 0 Å². The van der Waals surface area contributed by atoms with Crippen LogP contribution in [0.3, 0.4) is 0 Å². The van der Waals surface area contributed by atoms with Gasteiger partial charge in [-0.05, 0) is 18.2 Å². The minimum Gasteiger partial charge on any atom is -0.399 e. The van der Waals surface area contributed by atoms with Gasteiger partial charge >= 0.3 is 0 Å². The van der Waals surface area contributed by atoms with E-state index in [9.17, 15) is 4.39 Å². The highest BCUT2D eigenvalue weighted by Gasteiger charge is 2.02. The van der Waals surface area contributed by atoms with Crippen molar-refractivity contribution in [2.45, 2.75) is 10.6 Å². The molecule has 4 nitrogen and oxygen atoms in total. The third-order valence-corrected chi connectivity index (χ3v) is 2.94. The van der Waals surface area contributed by atoms with Crippen LogP contribution in [-0.2, 0) is 12.8 Å². The summed E-state index contributed by atoms with van der Waals surface area (Å²) in [4.78, 5) is 0.795. The Labute approximate surface area is 96.6 Å². The first-order valence-electron chi connectivity index (χ1n) is 4.67. The lowest BCUT2D eigenvalue weighted by molar-refractivity contribution is 0.625. The normalized spacial score (nSPS) is 10.6. The number of rotatable bonds is 3. The number of thioether (sulfide) groups is 1. The van der Waals surface area contributed by atoms with E-state index < -0.39 is 0 Å². The number of benzene rings is 1. The Morgan fingerprint density at radius 2 is 2.25 bits per heavy atom. The number of hydrogen-bond acceptors (Lipinski definition) is 4. The number of anilines is 1. The molecule has 0 atom stereocenters. The van der Waals surface area contributed by atoms with Gasteiger partial charge in [-0.25, -0.2) is 4.39 Å². The Bertz CT molecular complexity index is 477. The maximum Gasteiger partial charge on any atom is 0.126 e. The maximum absolute atomic E-state index is 13.0. The van der Waals surface area contributed by atoms with E-state index in [0.717, 1.165) is 10.6 Å². The molecule has 6 heteroatoms. The second-order valence-electron chi connectivity index (χ2n) is 3.39. The average Bonchev–Trinajstić information content (AvgIpc) is 2.60. The molecule has 0 unspecified atom stereocenters. The van der Waals surface area contributed by atoms with Gasteiger partial charge < -0.3 is 5.73 Å². The zero-order chi connectivity index (χ0) is 11.5. The van der Waals surface area contributed by atoms with Crippen molar-refractivity contribution in [3.8, 4) is 0 Å². The quantitative estimate of drug-likeness (QED) is 0.654. The molecule has 1 aromatic carbocycles. The molecule has 1 heterocycles. The molecule has 0 bridgehead atoms. The predicted molar refractivity (Wildman–Crippen MR) is 61.4 cm³/mol. The molecular weight excluding hydrogens is 227 g/mol. The van der Waals surface area contributed by atoms with Crippen LogP contribution in [0, 0.1) is 5.82 Å². The molecule has 2 aromatic rings. The second-order valence-corrected chi connectivity index (χ2v) is 4.44. The summed E-state index contributed by atoms with van der Waals surface area (Å²) in [7, 11) is 1.81. The van der Waals surface area contributed by atoms with Crippen molar-refractivity contribution >= 4 is 17.4 Å². The van der Waals surface area contributed by atoms with Crippen molar-refractivity contribution in [1.82, 2.24) is 15.0 Å². The molecule has 2 rings (SSSR count). The molecule has 0 saturated heterocycles. The number of aromatic nitrogens is 3. The van der Waals surface area contributed by atoms with Crippen LogP contribution >= 0.6 is 11.8 Å². The Morgan fingerprint density at radius 1 is 1.44 bits per heavy atom. The summed E-state index contributed by atoms with van der Waals surface area (Å²) < 4.78 is 14.7. The van der Waals surface area contributed by atoms with Gasteiger partial charge in [0.15, 0.2) is 0 Å². The number of nitrogens with two attached hydrogens (primary N) is 1. The standard InChI is InChI=1S/C10H11FN4S/c1-15-5-9(13-14-15)6-16-10-3-7(11)2-8(12)4-10/h2-5H,6,12H2,1H3. The van der Waals surface area contributed by atoms with E-state index in [4.69, 9.17) is 5.73 Å². The minimum atomic E-state index is -0.318. The number of halogens is 1. The molecule has 0 spiro atoms. The monoisotopic (exact) mass is 238 g/mol. The Morgan fingerprint density at radius 3 is 2.88 bits per heavy atom. The first-order chi connectivity index (χ1) is 7.63. The highest BCUT2D eigenvalue weighted by molar-refractivity contribution is 7.98. The lowest BCUT2D eigenvalue weighted by atomic mass is 10.3. The fourth-order valence-corrected chi connectivity index (χ4v) is 2.15. The molecular formula is C10H11FN4S. The van der Waals surface area contributed by atoms with Crippen LogP contribution in [-0.4, -0.2) is 15.0 Å². The van der Waals surface area contributed by atoms with Gasteiger partial charge in [-0.3, -0.25) is 4.68 Å². The largest absolute Gasteiger partial charge is 0.399 e. The molecule has 0 aliphatic rings. The van der Waals surface area contributed by atoms with Crippen LogP contribution in [0.4, 0.5) is 10.1 Å². The second kappa shape index (κ2) is 4.52. The first-order valence-corrected chi connectivity index (χ1v) is 5.66.